The van der Waals surface area contributed by atoms with Gasteiger partial charge in [-0.1, -0.05) is 65.9 Å². The van der Waals surface area contributed by atoms with Gasteiger partial charge in [0, 0.05) is 5.56 Å². The van der Waals surface area contributed by atoms with E-state index in [9.17, 15) is 22.8 Å². The van der Waals surface area contributed by atoms with E-state index in [2.05, 4.69) is 31.3 Å². The van der Waals surface area contributed by atoms with E-state index in [0.29, 0.717) is 22.6 Å². The van der Waals surface area contributed by atoms with E-state index in [1.54, 1.807) is 54.6 Å². The van der Waals surface area contributed by atoms with Gasteiger partial charge in [-0.05, 0) is 29.8 Å². The zero-order valence-corrected chi connectivity index (χ0v) is 21.5. The summed E-state index contributed by atoms with van der Waals surface area (Å²) in [5.41, 5.74) is 1.36. The van der Waals surface area contributed by atoms with Crippen LogP contribution in [-0.2, 0) is 17.5 Å². The number of hydrogen-bond acceptors (Lipinski definition) is 7. The normalized spacial score (nSPS) is 11.4. The van der Waals surface area contributed by atoms with Crippen molar-refractivity contribution in [2.24, 2.45) is 5.10 Å². The van der Waals surface area contributed by atoms with E-state index < -0.39 is 35.9 Å². The number of nitrogens with zero attached hydrogens (tertiary/aromatic N) is 5. The molecule has 0 aliphatic carbocycles. The molecule has 212 valence electrons. The number of hydrogen-bond donors (Lipinski definition) is 3. The summed E-state index contributed by atoms with van der Waals surface area (Å²) in [7, 11) is 0. The molecule has 0 atom stereocenters. The fourth-order valence-electron chi connectivity index (χ4n) is 3.79. The van der Waals surface area contributed by atoms with Gasteiger partial charge in [0.25, 0.3) is 5.91 Å². The van der Waals surface area contributed by atoms with Gasteiger partial charge in [-0.25, -0.2) is 10.1 Å². The lowest BCUT2D eigenvalue weighted by atomic mass is 10.1. The number of carbonyl (C=O) groups excluding carboxylic acids is 2. The molecular formula is C28H21F3N8O3. The lowest BCUT2D eigenvalue weighted by molar-refractivity contribution is -0.140. The molecular weight excluding hydrogens is 553 g/mol. The third kappa shape index (κ3) is 6.85. The standard InChI is InChI=1S/C28H21F3N8O3/c29-28(30,31)26-25(24(35-36-26)19-9-3-1-4-10-19)33-23(40)17-39-16-22(34-38-39)27(41)37-32-15-18-8-7-13-21(14-18)42-20-11-5-2-6-12-20/h1-16H,17H2,(H,33,40)(H,35,36)(H,37,41)/b32-15+. The summed E-state index contributed by atoms with van der Waals surface area (Å²) in [6.07, 6.45) is -2.23. The highest BCUT2D eigenvalue weighted by molar-refractivity contribution is 5.96. The SMILES string of the molecule is O=C(Cn1cc(C(=O)N/N=C/c2cccc(Oc3ccccc3)c2)nn1)Nc1c(-c2ccccc2)n[nH]c1C(F)(F)F. The molecule has 0 saturated carbocycles. The van der Waals surface area contributed by atoms with Crippen molar-refractivity contribution in [3.05, 3.63) is 108 Å². The van der Waals surface area contributed by atoms with Crippen LogP contribution in [0.25, 0.3) is 11.3 Å². The number of carbonyl (C=O) groups is 2. The Kier molecular flexibility index (Phi) is 8.04. The molecule has 5 aromatic rings. The summed E-state index contributed by atoms with van der Waals surface area (Å²) in [6, 6.07) is 24.3. The second-order valence-corrected chi connectivity index (χ2v) is 8.72. The van der Waals surface area contributed by atoms with Gasteiger partial charge in [0.05, 0.1) is 18.1 Å². The number of aromatic amines is 1. The van der Waals surface area contributed by atoms with Crippen LogP contribution in [0.2, 0.25) is 0 Å². The zero-order valence-electron chi connectivity index (χ0n) is 21.5. The molecule has 11 nitrogen and oxygen atoms in total. The monoisotopic (exact) mass is 574 g/mol. The highest BCUT2D eigenvalue weighted by atomic mass is 19.4. The van der Waals surface area contributed by atoms with Crippen molar-refractivity contribution in [2.45, 2.75) is 12.7 Å². The van der Waals surface area contributed by atoms with E-state index in [1.807, 2.05) is 35.4 Å². The van der Waals surface area contributed by atoms with E-state index >= 15 is 0 Å². The summed E-state index contributed by atoms with van der Waals surface area (Å²) in [5.74, 6) is -0.313. The largest absolute Gasteiger partial charge is 0.457 e. The van der Waals surface area contributed by atoms with E-state index in [0.717, 1.165) is 10.9 Å². The highest BCUT2D eigenvalue weighted by Gasteiger charge is 2.38. The Morgan fingerprint density at radius 1 is 0.976 bits per heavy atom. The predicted molar refractivity (Wildman–Crippen MR) is 146 cm³/mol. The lowest BCUT2D eigenvalue weighted by Crippen LogP contribution is -2.21. The molecule has 3 aromatic carbocycles. The second kappa shape index (κ2) is 12.2. The maximum atomic E-state index is 13.6. The molecule has 14 heteroatoms. The van der Waals surface area contributed by atoms with E-state index in [-0.39, 0.29) is 11.4 Å². The number of halogens is 3. The van der Waals surface area contributed by atoms with Gasteiger partial charge in [-0.2, -0.15) is 23.4 Å². The van der Waals surface area contributed by atoms with Crippen LogP contribution < -0.4 is 15.5 Å². The number of H-pyrrole nitrogens is 1. The number of amides is 2. The lowest BCUT2D eigenvalue weighted by Gasteiger charge is -2.10. The number of aromatic nitrogens is 5. The van der Waals surface area contributed by atoms with Crippen LogP contribution in [0.15, 0.2) is 96.2 Å². The number of hydrazone groups is 1. The number of alkyl halides is 3. The average Bonchev–Trinajstić information content (AvgIpc) is 3.62. The Balaban J connectivity index is 1.20. The Morgan fingerprint density at radius 3 is 2.43 bits per heavy atom. The van der Waals surface area contributed by atoms with Crippen molar-refractivity contribution < 1.29 is 27.5 Å². The number of anilines is 1. The van der Waals surface area contributed by atoms with Crippen molar-refractivity contribution in [3.8, 4) is 22.8 Å². The summed E-state index contributed by atoms with van der Waals surface area (Å²) in [4.78, 5) is 25.1. The number of ether oxygens (including phenoxy) is 1. The summed E-state index contributed by atoms with van der Waals surface area (Å²) >= 11 is 0. The molecule has 0 spiro atoms. The highest BCUT2D eigenvalue weighted by Crippen LogP contribution is 2.38. The minimum atomic E-state index is -4.79. The quantitative estimate of drug-likeness (QED) is 0.169. The van der Waals surface area contributed by atoms with Crippen LogP contribution >= 0.6 is 0 Å². The van der Waals surface area contributed by atoms with E-state index in [1.165, 1.54) is 6.21 Å². The molecule has 0 radical (unpaired) electrons. The number of benzene rings is 3. The van der Waals surface area contributed by atoms with Gasteiger partial charge in [-0.15, -0.1) is 5.10 Å². The topological polar surface area (TPSA) is 139 Å². The van der Waals surface area contributed by atoms with Crippen LogP contribution in [0.1, 0.15) is 21.7 Å². The first-order valence-electron chi connectivity index (χ1n) is 12.3. The van der Waals surface area contributed by atoms with Gasteiger partial charge >= 0.3 is 6.18 Å². The summed E-state index contributed by atoms with van der Waals surface area (Å²) < 4.78 is 47.4. The van der Waals surface area contributed by atoms with Crippen LogP contribution in [0, 0.1) is 0 Å². The first-order valence-corrected chi connectivity index (χ1v) is 12.3. The van der Waals surface area contributed by atoms with Gasteiger partial charge < -0.3 is 10.1 Å². The molecule has 0 unspecified atom stereocenters. The molecule has 42 heavy (non-hydrogen) atoms. The van der Waals surface area contributed by atoms with Gasteiger partial charge in [0.1, 0.15) is 23.7 Å². The Bertz CT molecular complexity index is 1720. The molecule has 2 amide bonds. The Morgan fingerprint density at radius 2 is 1.69 bits per heavy atom. The van der Waals surface area contributed by atoms with Crippen molar-refractivity contribution in [1.82, 2.24) is 30.6 Å². The minimum absolute atomic E-state index is 0.0787. The molecule has 2 heterocycles. The number of rotatable bonds is 9. The van der Waals surface area contributed by atoms with Crippen LogP contribution in [0.4, 0.5) is 18.9 Å². The molecule has 0 bridgehead atoms. The second-order valence-electron chi connectivity index (χ2n) is 8.72. The van der Waals surface area contributed by atoms with Crippen LogP contribution in [-0.4, -0.2) is 43.2 Å². The fourth-order valence-corrected chi connectivity index (χ4v) is 3.79. The molecule has 3 N–H and O–H groups in total. The van der Waals surface area contributed by atoms with Gasteiger partial charge in [0.15, 0.2) is 11.4 Å². The Hall–Kier alpha value is -5.79. The number of nitrogens with one attached hydrogen (secondary N) is 3. The minimum Gasteiger partial charge on any atom is -0.457 e. The molecule has 0 saturated heterocycles. The third-order valence-corrected chi connectivity index (χ3v) is 5.66. The molecule has 0 fully saturated rings. The summed E-state index contributed by atoms with van der Waals surface area (Å²) in [5, 5.41) is 19.3. The fraction of sp³-hybridized carbons (Fsp3) is 0.0714. The van der Waals surface area contributed by atoms with Crippen molar-refractivity contribution in [3.63, 3.8) is 0 Å². The maximum absolute atomic E-state index is 13.6. The molecule has 0 aliphatic heterocycles. The third-order valence-electron chi connectivity index (χ3n) is 5.66. The van der Waals surface area contributed by atoms with E-state index in [4.69, 9.17) is 4.74 Å². The predicted octanol–water partition coefficient (Wildman–Crippen LogP) is 4.88. The maximum Gasteiger partial charge on any atom is 0.434 e. The molecule has 2 aromatic heterocycles. The summed E-state index contributed by atoms with van der Waals surface area (Å²) in [6.45, 7) is -0.519. The van der Waals surface area contributed by atoms with Crippen molar-refractivity contribution in [2.75, 3.05) is 5.32 Å². The Labute approximate surface area is 236 Å². The average molecular weight is 575 g/mol. The van der Waals surface area contributed by atoms with Crippen molar-refractivity contribution in [1.29, 1.82) is 0 Å². The van der Waals surface area contributed by atoms with Gasteiger partial charge in [-0.3, -0.25) is 14.7 Å². The zero-order chi connectivity index (χ0) is 29.5. The first-order chi connectivity index (χ1) is 20.3. The van der Waals surface area contributed by atoms with Crippen molar-refractivity contribution >= 4 is 23.7 Å². The molecule has 0 aliphatic rings. The molecule has 5 rings (SSSR count). The van der Waals surface area contributed by atoms with Gasteiger partial charge in [0.2, 0.25) is 5.91 Å². The van der Waals surface area contributed by atoms with Crippen LogP contribution in [0.3, 0.4) is 0 Å². The first kappa shape index (κ1) is 27.8. The van der Waals surface area contributed by atoms with Crippen LogP contribution in [0.5, 0.6) is 11.5 Å². The smallest absolute Gasteiger partial charge is 0.434 e. The number of para-hydroxylation sites is 1.